The van der Waals surface area contributed by atoms with Gasteiger partial charge in [-0.05, 0) is 55.8 Å². The number of hydrogen-bond donors (Lipinski definition) is 6. The maximum absolute atomic E-state index is 14.1. The van der Waals surface area contributed by atoms with Crippen LogP contribution < -0.4 is 16.4 Å². The minimum absolute atomic E-state index is 0.147. The van der Waals surface area contributed by atoms with Crippen molar-refractivity contribution in [1.82, 2.24) is 4.90 Å². The number of carbonyl (C=O) groups is 6. The number of carbonyl (C=O) groups excluding carboxylic acids is 6. The van der Waals surface area contributed by atoms with Crippen LogP contribution in [0.5, 0.6) is 5.75 Å². The molecule has 0 aromatic heterocycles. The summed E-state index contributed by atoms with van der Waals surface area (Å²) in [5.41, 5.74) is 3.59. The number of likely N-dealkylation sites (N-methyl/N-ethyl adjacent to an activating group) is 1. The maximum atomic E-state index is 14.1. The van der Waals surface area contributed by atoms with Crippen molar-refractivity contribution in [3.05, 3.63) is 53.1 Å². The van der Waals surface area contributed by atoms with Crippen molar-refractivity contribution in [2.45, 2.75) is 43.9 Å². The third-order valence-corrected chi connectivity index (χ3v) is 9.36. The summed E-state index contributed by atoms with van der Waals surface area (Å²) in [6.45, 7) is 3.59. The summed E-state index contributed by atoms with van der Waals surface area (Å²) in [6, 6.07) is 7.78. The Balaban J connectivity index is 1.53. The molecule has 13 heteroatoms. The quantitative estimate of drug-likeness (QED) is 0.206. The number of Topliss-reactive ketones (excluding diaryl/α,β-unsaturated/α-hetero) is 4. The number of ketones is 4. The second-order valence-corrected chi connectivity index (χ2v) is 11.9. The monoisotopic (exact) mass is 606 g/mol. The molecule has 3 aliphatic rings. The molecule has 5 rings (SSSR count). The van der Waals surface area contributed by atoms with E-state index in [1.54, 1.807) is 19.1 Å². The molecule has 2 unspecified atom stereocenters. The standard InChI is InChI=1S/C31H34N4O9/c1-5-13-6-8-14(9-7-13)33-30(43)34-16-11-10-15-12(2)17-19(24(37)18(15)23(16)36)27(40)31(44)21(25(17)38)22(35(3)4)26(39)20(28(31)41)29(32)42/h6-12,17,19-22,25,36,38,44H,5H2,1-4H3,(H2,32,42)(H2,33,34,43)/t12-,17+,19?,20?,21+,22-,25-,31-/m0/s1. The zero-order valence-electron chi connectivity index (χ0n) is 24.5. The van der Waals surface area contributed by atoms with Crippen LogP contribution in [0.4, 0.5) is 16.2 Å². The molecule has 13 nitrogen and oxygen atoms in total. The summed E-state index contributed by atoms with van der Waals surface area (Å²) >= 11 is 0. The molecule has 3 amide bonds. The van der Waals surface area contributed by atoms with Crippen LogP contribution in [-0.2, 0) is 25.6 Å². The Morgan fingerprint density at radius 2 is 1.64 bits per heavy atom. The van der Waals surface area contributed by atoms with Gasteiger partial charge >= 0.3 is 6.03 Å². The Morgan fingerprint density at radius 3 is 2.20 bits per heavy atom. The highest BCUT2D eigenvalue weighted by Gasteiger charge is 2.72. The second kappa shape index (κ2) is 10.9. The first-order valence-corrected chi connectivity index (χ1v) is 14.2. The van der Waals surface area contributed by atoms with Crippen molar-refractivity contribution in [2.24, 2.45) is 29.4 Å². The highest BCUT2D eigenvalue weighted by molar-refractivity contribution is 6.32. The fourth-order valence-corrected chi connectivity index (χ4v) is 7.20. The Kier molecular flexibility index (Phi) is 7.69. The molecule has 44 heavy (non-hydrogen) atoms. The number of nitrogens with two attached hydrogens (primary N) is 1. The van der Waals surface area contributed by atoms with E-state index in [1.807, 2.05) is 19.1 Å². The smallest absolute Gasteiger partial charge is 0.323 e. The zero-order valence-corrected chi connectivity index (χ0v) is 24.5. The summed E-state index contributed by atoms with van der Waals surface area (Å²) in [7, 11) is 2.85. The molecule has 2 aromatic carbocycles. The minimum atomic E-state index is -3.09. The maximum Gasteiger partial charge on any atom is 0.323 e. The van der Waals surface area contributed by atoms with Gasteiger partial charge in [-0.2, -0.15) is 0 Å². The van der Waals surface area contributed by atoms with Crippen LogP contribution in [0.3, 0.4) is 0 Å². The van der Waals surface area contributed by atoms with Gasteiger partial charge in [0.1, 0.15) is 5.75 Å². The lowest BCUT2D eigenvalue weighted by molar-refractivity contribution is -0.196. The molecule has 0 saturated heterocycles. The SMILES string of the molecule is CCc1ccc(NC(=O)Nc2ccc3c(c2O)C(=O)C2C(=O)[C@]4(O)C(=O)C(C(N)=O)C(=O)[C@@H](N(C)C)[C@@H]4[C@@H](O)[C@@H]2[C@H]3C)cc1. The molecule has 2 aromatic rings. The molecule has 0 radical (unpaired) electrons. The number of phenols is 1. The van der Waals surface area contributed by atoms with E-state index in [0.717, 1.165) is 12.0 Å². The summed E-state index contributed by atoms with van der Waals surface area (Å²) in [5, 5.41) is 39.7. The molecule has 3 aliphatic carbocycles. The molecule has 8 atom stereocenters. The van der Waals surface area contributed by atoms with Gasteiger partial charge in [0, 0.05) is 11.6 Å². The number of phenolic OH excluding ortho intramolecular Hbond substituents is 1. The average Bonchev–Trinajstić information content (AvgIpc) is 2.96. The predicted octanol–water partition coefficient (Wildman–Crippen LogP) is 0.605. The Morgan fingerprint density at radius 1 is 1.00 bits per heavy atom. The number of nitrogens with one attached hydrogen (secondary N) is 2. The van der Waals surface area contributed by atoms with E-state index in [1.165, 1.54) is 31.1 Å². The average molecular weight is 607 g/mol. The van der Waals surface area contributed by atoms with Crippen molar-refractivity contribution >= 4 is 46.4 Å². The molecular formula is C31H34N4O9. The van der Waals surface area contributed by atoms with Crippen molar-refractivity contribution < 1.29 is 44.1 Å². The number of fused-ring (bicyclic) bond motifs is 3. The van der Waals surface area contributed by atoms with Crippen LogP contribution in [0, 0.1) is 23.7 Å². The molecule has 0 aliphatic heterocycles. The van der Waals surface area contributed by atoms with E-state index in [-0.39, 0.29) is 16.8 Å². The largest absolute Gasteiger partial charge is 0.505 e. The van der Waals surface area contributed by atoms with Crippen molar-refractivity contribution in [3.63, 3.8) is 0 Å². The van der Waals surface area contributed by atoms with Crippen LogP contribution in [0.15, 0.2) is 36.4 Å². The summed E-state index contributed by atoms with van der Waals surface area (Å²) in [6.07, 6.45) is -0.913. The second-order valence-electron chi connectivity index (χ2n) is 11.9. The summed E-state index contributed by atoms with van der Waals surface area (Å²) < 4.78 is 0. The number of amides is 3. The van der Waals surface area contributed by atoms with E-state index in [9.17, 15) is 44.1 Å². The Hall–Kier alpha value is -4.46. The third-order valence-electron chi connectivity index (χ3n) is 9.36. The number of aryl methyl sites for hydroxylation is 1. The number of urea groups is 1. The van der Waals surface area contributed by atoms with Crippen molar-refractivity contribution in [3.8, 4) is 5.75 Å². The van der Waals surface area contributed by atoms with Gasteiger partial charge < -0.3 is 31.7 Å². The van der Waals surface area contributed by atoms with E-state index in [0.29, 0.717) is 5.69 Å². The minimum Gasteiger partial charge on any atom is -0.505 e. The molecule has 232 valence electrons. The van der Waals surface area contributed by atoms with Gasteiger partial charge in [0.05, 0.1) is 35.2 Å². The lowest BCUT2D eigenvalue weighted by Crippen LogP contribution is -2.77. The Bertz CT molecular complexity index is 1600. The van der Waals surface area contributed by atoms with Gasteiger partial charge in [-0.25, -0.2) is 4.79 Å². The molecule has 2 fully saturated rings. The van der Waals surface area contributed by atoms with Crippen LogP contribution in [0.25, 0.3) is 0 Å². The molecule has 0 bridgehead atoms. The number of primary amides is 1. The van der Waals surface area contributed by atoms with Crippen molar-refractivity contribution in [1.29, 1.82) is 0 Å². The van der Waals surface area contributed by atoms with Gasteiger partial charge in [0.2, 0.25) is 5.91 Å². The fourth-order valence-electron chi connectivity index (χ4n) is 7.20. The molecule has 7 N–H and O–H groups in total. The van der Waals surface area contributed by atoms with Crippen LogP contribution in [0.1, 0.15) is 41.3 Å². The summed E-state index contributed by atoms with van der Waals surface area (Å²) in [4.78, 5) is 80.9. The van der Waals surface area contributed by atoms with Crippen molar-refractivity contribution in [2.75, 3.05) is 24.7 Å². The highest BCUT2D eigenvalue weighted by Crippen LogP contribution is 2.55. The normalized spacial score (nSPS) is 31.2. The lowest BCUT2D eigenvalue weighted by Gasteiger charge is -2.56. The first kappa shape index (κ1) is 31.0. The molecule has 2 saturated carbocycles. The molecular weight excluding hydrogens is 572 g/mol. The molecule has 0 heterocycles. The van der Waals surface area contributed by atoms with Gasteiger partial charge in [-0.3, -0.25) is 28.9 Å². The number of nitrogens with zero attached hydrogens (tertiary/aromatic N) is 1. The van der Waals surface area contributed by atoms with Crippen LogP contribution >= 0.6 is 0 Å². The van der Waals surface area contributed by atoms with E-state index < -0.39 is 88.2 Å². The van der Waals surface area contributed by atoms with E-state index >= 15 is 0 Å². The summed E-state index contributed by atoms with van der Waals surface area (Å²) in [5.74, 6) is -14.4. The number of anilines is 2. The zero-order chi connectivity index (χ0) is 32.4. The number of aromatic hydroxyl groups is 1. The first-order valence-electron chi connectivity index (χ1n) is 14.2. The van der Waals surface area contributed by atoms with Gasteiger partial charge in [-0.15, -0.1) is 0 Å². The van der Waals surface area contributed by atoms with E-state index in [2.05, 4.69) is 10.6 Å². The first-order chi connectivity index (χ1) is 20.7. The number of rotatable bonds is 5. The topological polar surface area (TPSA) is 216 Å². The van der Waals surface area contributed by atoms with Crippen LogP contribution in [-0.4, -0.2) is 87.1 Å². The van der Waals surface area contributed by atoms with E-state index in [4.69, 9.17) is 5.73 Å². The Labute approximate surface area is 252 Å². The fraction of sp³-hybridized carbons (Fsp3) is 0.419. The third kappa shape index (κ3) is 4.42. The van der Waals surface area contributed by atoms with Crippen LogP contribution in [0.2, 0.25) is 0 Å². The number of aliphatic hydroxyl groups excluding tert-OH is 1. The number of benzene rings is 2. The highest BCUT2D eigenvalue weighted by atomic mass is 16.3. The number of aliphatic hydroxyl groups is 2. The lowest BCUT2D eigenvalue weighted by atomic mass is 9.49. The molecule has 0 spiro atoms. The number of hydrogen-bond acceptors (Lipinski definition) is 10. The predicted molar refractivity (Wildman–Crippen MR) is 156 cm³/mol. The van der Waals surface area contributed by atoms with Gasteiger partial charge in [0.25, 0.3) is 0 Å². The van der Waals surface area contributed by atoms with Gasteiger partial charge in [-0.1, -0.05) is 32.0 Å². The van der Waals surface area contributed by atoms with Gasteiger partial charge in [0.15, 0.2) is 34.7 Å².